The van der Waals surface area contributed by atoms with E-state index in [1.54, 1.807) is 6.20 Å². The van der Waals surface area contributed by atoms with Crippen molar-refractivity contribution in [2.75, 3.05) is 25.1 Å². The topological polar surface area (TPSA) is 103 Å². The highest BCUT2D eigenvalue weighted by atomic mass is 19.4. The van der Waals surface area contributed by atoms with Gasteiger partial charge < -0.3 is 19.8 Å². The lowest BCUT2D eigenvalue weighted by atomic mass is 10.00. The van der Waals surface area contributed by atoms with E-state index in [1.807, 2.05) is 18.9 Å². The predicted octanol–water partition coefficient (Wildman–Crippen LogP) is 3.46. The Morgan fingerprint density at radius 2 is 1.97 bits per heavy atom. The number of phenols is 1. The Balaban J connectivity index is 2.01. The number of halogens is 3. The minimum absolute atomic E-state index is 0.182. The Hall–Kier alpha value is -2.88. The number of aliphatic hydroxyl groups is 1. The zero-order valence-electron chi connectivity index (χ0n) is 16.8. The number of aromatic nitrogens is 2. The van der Waals surface area contributed by atoms with Gasteiger partial charge in [0.25, 0.3) is 0 Å². The van der Waals surface area contributed by atoms with Gasteiger partial charge in [0.15, 0.2) is 0 Å². The first kappa shape index (κ1) is 23.4. The zero-order chi connectivity index (χ0) is 22.3. The minimum Gasteiger partial charge on any atom is -0.507 e. The molecule has 1 aromatic carbocycles. The van der Waals surface area contributed by atoms with Gasteiger partial charge in [-0.2, -0.15) is 13.2 Å². The van der Waals surface area contributed by atoms with E-state index in [0.29, 0.717) is 43.1 Å². The Morgan fingerprint density at radius 1 is 1.23 bits per heavy atom. The van der Waals surface area contributed by atoms with Crippen LogP contribution in [0, 0.1) is 5.41 Å². The van der Waals surface area contributed by atoms with Crippen molar-refractivity contribution in [3.05, 3.63) is 41.3 Å². The van der Waals surface area contributed by atoms with Crippen LogP contribution in [0.1, 0.15) is 36.6 Å². The number of aliphatic hydroxyl groups excluding tert-OH is 1. The van der Waals surface area contributed by atoms with Crippen LogP contribution in [-0.2, 0) is 13.0 Å². The van der Waals surface area contributed by atoms with E-state index >= 15 is 0 Å². The molecule has 0 aliphatic rings. The summed E-state index contributed by atoms with van der Waals surface area (Å²) in [5.74, 6) is 0.377. The van der Waals surface area contributed by atoms with Crippen LogP contribution in [-0.4, -0.2) is 52.3 Å². The fourth-order valence-electron chi connectivity index (χ4n) is 2.82. The molecule has 1 aromatic heterocycles. The maximum atomic E-state index is 12.8. The van der Waals surface area contributed by atoms with Crippen LogP contribution < -0.4 is 9.64 Å². The van der Waals surface area contributed by atoms with Gasteiger partial charge in [0.2, 0.25) is 0 Å². The van der Waals surface area contributed by atoms with Gasteiger partial charge in [-0.15, -0.1) is 0 Å². The van der Waals surface area contributed by atoms with Gasteiger partial charge in [-0.25, -0.2) is 4.98 Å². The van der Waals surface area contributed by atoms with Gasteiger partial charge in [-0.05, 0) is 25.0 Å². The summed E-state index contributed by atoms with van der Waals surface area (Å²) in [6, 6.07) is 2.42. The third-order valence-electron chi connectivity index (χ3n) is 4.43. The van der Waals surface area contributed by atoms with Crippen LogP contribution in [0.2, 0.25) is 0 Å². The van der Waals surface area contributed by atoms with Gasteiger partial charge in [0, 0.05) is 24.7 Å². The SMILES string of the molecule is CCCc1c(OCCCN(C)c2cnc(CO)cn2)ccc(C(=N)C(F)(F)F)c1O. The lowest BCUT2D eigenvalue weighted by Gasteiger charge is -2.19. The summed E-state index contributed by atoms with van der Waals surface area (Å²) in [5.41, 5.74) is -1.40. The van der Waals surface area contributed by atoms with Crippen molar-refractivity contribution < 1.29 is 28.1 Å². The first-order chi connectivity index (χ1) is 14.2. The Labute approximate surface area is 172 Å². The van der Waals surface area contributed by atoms with Gasteiger partial charge >= 0.3 is 6.18 Å². The van der Waals surface area contributed by atoms with Crippen molar-refractivity contribution in [2.45, 2.75) is 39.0 Å². The number of phenolic OH excluding ortho intramolecular Hbond substituents is 1. The normalized spacial score (nSPS) is 11.4. The number of aromatic hydroxyl groups is 1. The number of anilines is 1. The second-order valence-corrected chi connectivity index (χ2v) is 6.71. The fraction of sp³-hybridized carbons (Fsp3) is 0.450. The van der Waals surface area contributed by atoms with E-state index in [0.717, 1.165) is 6.07 Å². The summed E-state index contributed by atoms with van der Waals surface area (Å²) in [5, 5.41) is 26.6. The third-order valence-corrected chi connectivity index (χ3v) is 4.43. The first-order valence-electron chi connectivity index (χ1n) is 9.45. The highest BCUT2D eigenvalue weighted by Gasteiger charge is 2.37. The number of hydrogen-bond donors (Lipinski definition) is 3. The Morgan fingerprint density at radius 3 is 2.53 bits per heavy atom. The molecule has 164 valence electrons. The van der Waals surface area contributed by atoms with Gasteiger partial charge in [0.1, 0.15) is 23.0 Å². The fourth-order valence-corrected chi connectivity index (χ4v) is 2.82. The molecular weight excluding hydrogens is 401 g/mol. The molecule has 0 saturated heterocycles. The van der Waals surface area contributed by atoms with E-state index in [9.17, 15) is 18.3 Å². The van der Waals surface area contributed by atoms with Crippen molar-refractivity contribution in [1.82, 2.24) is 9.97 Å². The van der Waals surface area contributed by atoms with Gasteiger partial charge in [-0.1, -0.05) is 13.3 Å². The molecule has 0 spiro atoms. The second kappa shape index (κ2) is 10.2. The molecule has 7 nitrogen and oxygen atoms in total. The van der Waals surface area contributed by atoms with E-state index < -0.39 is 23.2 Å². The van der Waals surface area contributed by atoms with E-state index in [-0.39, 0.29) is 18.8 Å². The molecular formula is C20H25F3N4O3. The monoisotopic (exact) mass is 426 g/mol. The molecule has 0 aliphatic carbocycles. The van der Waals surface area contributed by atoms with Crippen molar-refractivity contribution in [3.63, 3.8) is 0 Å². The van der Waals surface area contributed by atoms with Crippen molar-refractivity contribution in [2.24, 2.45) is 0 Å². The number of hydrogen-bond acceptors (Lipinski definition) is 7. The van der Waals surface area contributed by atoms with Crippen molar-refractivity contribution >= 4 is 11.5 Å². The molecule has 0 saturated carbocycles. The van der Waals surface area contributed by atoms with Crippen LogP contribution >= 0.6 is 0 Å². The lowest BCUT2D eigenvalue weighted by molar-refractivity contribution is -0.0588. The molecule has 0 bridgehead atoms. The van der Waals surface area contributed by atoms with Crippen LogP contribution in [0.4, 0.5) is 19.0 Å². The molecule has 2 aromatic rings. The van der Waals surface area contributed by atoms with Crippen LogP contribution in [0.15, 0.2) is 24.5 Å². The summed E-state index contributed by atoms with van der Waals surface area (Å²) in [6.07, 6.45) is -0.288. The quantitative estimate of drug-likeness (QED) is 0.397. The number of ether oxygens (including phenoxy) is 1. The summed E-state index contributed by atoms with van der Waals surface area (Å²) in [7, 11) is 1.83. The largest absolute Gasteiger partial charge is 0.507 e. The smallest absolute Gasteiger partial charge is 0.433 e. The second-order valence-electron chi connectivity index (χ2n) is 6.71. The standard InChI is InChI=1S/C20H25F3N4O3/c1-3-5-14-16(7-6-15(18(14)29)19(24)20(21,22)23)30-9-4-8-27(2)17-11-25-13(12-28)10-26-17/h6-7,10-11,24,28-29H,3-5,8-9,12H2,1-2H3. The number of nitrogens with one attached hydrogen (secondary N) is 1. The predicted molar refractivity (Wildman–Crippen MR) is 106 cm³/mol. The summed E-state index contributed by atoms with van der Waals surface area (Å²) >= 11 is 0. The van der Waals surface area contributed by atoms with Crippen LogP contribution in [0.3, 0.4) is 0 Å². The number of rotatable bonds is 10. The molecule has 0 atom stereocenters. The molecule has 1 heterocycles. The highest BCUT2D eigenvalue weighted by molar-refractivity contribution is 6.04. The maximum Gasteiger partial charge on any atom is 0.433 e. The average molecular weight is 426 g/mol. The van der Waals surface area contributed by atoms with Crippen LogP contribution in [0.5, 0.6) is 11.5 Å². The van der Waals surface area contributed by atoms with Crippen LogP contribution in [0.25, 0.3) is 0 Å². The number of nitrogens with zero attached hydrogens (tertiary/aromatic N) is 3. The Kier molecular flexibility index (Phi) is 7.99. The third kappa shape index (κ3) is 5.82. The highest BCUT2D eigenvalue weighted by Crippen LogP contribution is 2.35. The molecule has 0 fully saturated rings. The molecule has 2 rings (SSSR count). The van der Waals surface area contributed by atoms with Gasteiger partial charge in [-0.3, -0.25) is 10.4 Å². The molecule has 0 aliphatic heterocycles. The summed E-state index contributed by atoms with van der Waals surface area (Å²) < 4.78 is 44.2. The molecule has 3 N–H and O–H groups in total. The minimum atomic E-state index is -4.84. The molecule has 10 heteroatoms. The summed E-state index contributed by atoms with van der Waals surface area (Å²) in [6.45, 7) is 2.51. The molecule has 0 unspecified atom stereocenters. The van der Waals surface area contributed by atoms with E-state index in [4.69, 9.17) is 15.3 Å². The maximum absolute atomic E-state index is 12.8. The zero-order valence-corrected chi connectivity index (χ0v) is 16.8. The Bertz CT molecular complexity index is 858. The number of alkyl halides is 3. The first-order valence-corrected chi connectivity index (χ1v) is 9.45. The summed E-state index contributed by atoms with van der Waals surface area (Å²) in [4.78, 5) is 10.1. The van der Waals surface area contributed by atoms with Gasteiger partial charge in [0.05, 0.1) is 31.3 Å². The van der Waals surface area contributed by atoms with Crippen molar-refractivity contribution in [3.8, 4) is 11.5 Å². The molecule has 0 radical (unpaired) electrons. The van der Waals surface area contributed by atoms with E-state index in [1.165, 1.54) is 12.3 Å². The van der Waals surface area contributed by atoms with E-state index in [2.05, 4.69) is 9.97 Å². The van der Waals surface area contributed by atoms with Crippen molar-refractivity contribution in [1.29, 1.82) is 5.41 Å². The average Bonchev–Trinajstić information content (AvgIpc) is 2.72. The molecule has 30 heavy (non-hydrogen) atoms. The number of benzene rings is 1. The molecule has 0 amide bonds. The lowest BCUT2D eigenvalue weighted by Crippen LogP contribution is -2.23.